The maximum absolute atomic E-state index is 13.2. The average Bonchev–Trinajstić information content (AvgIpc) is 3.09. The summed E-state index contributed by atoms with van der Waals surface area (Å²) in [4.78, 5) is 25.3. The van der Waals surface area contributed by atoms with Crippen LogP contribution in [0, 0.1) is 5.82 Å². The van der Waals surface area contributed by atoms with Crippen LogP contribution >= 0.6 is 11.6 Å². The molecule has 0 atom stereocenters. The molecule has 0 radical (unpaired) electrons. The van der Waals surface area contributed by atoms with E-state index in [-0.39, 0.29) is 10.6 Å². The van der Waals surface area contributed by atoms with Gasteiger partial charge in [-0.2, -0.15) is 4.98 Å². The molecule has 8 heteroatoms. The maximum atomic E-state index is 13.2. The van der Waals surface area contributed by atoms with Crippen LogP contribution in [-0.2, 0) is 0 Å². The smallest absolute Gasteiger partial charge is 0.257 e. The molecular formula is C17H19ClFN5O. The van der Waals surface area contributed by atoms with Crippen LogP contribution in [0.1, 0.15) is 23.2 Å². The van der Waals surface area contributed by atoms with Gasteiger partial charge in [-0.3, -0.25) is 4.79 Å². The Kier molecular flexibility index (Phi) is 5.03. The Hall–Kier alpha value is -2.41. The van der Waals surface area contributed by atoms with Crippen LogP contribution in [0.3, 0.4) is 0 Å². The van der Waals surface area contributed by atoms with Crippen LogP contribution in [0.15, 0.2) is 24.4 Å². The summed E-state index contributed by atoms with van der Waals surface area (Å²) in [6, 6.07) is 3.65. The molecule has 132 valence electrons. The van der Waals surface area contributed by atoms with E-state index in [1.165, 1.54) is 12.1 Å². The van der Waals surface area contributed by atoms with E-state index in [0.717, 1.165) is 32.0 Å². The van der Waals surface area contributed by atoms with Gasteiger partial charge in [0.05, 0.1) is 16.8 Å². The molecule has 2 aromatic rings. The summed E-state index contributed by atoms with van der Waals surface area (Å²) in [5.74, 6) is 0.321. The number of hydrogen-bond donors (Lipinski definition) is 1. The Bertz CT molecular complexity index is 793. The molecule has 1 aromatic heterocycles. The molecule has 1 aliphatic rings. The number of nitrogens with zero attached hydrogens (tertiary/aromatic N) is 4. The molecule has 2 heterocycles. The van der Waals surface area contributed by atoms with Crippen molar-refractivity contribution in [3.05, 3.63) is 40.8 Å². The standard InChI is InChI=1S/C17H19ClFN5O/c1-23(2)15-14(10-20-17(22-15)24-7-3-4-8-24)21-16(25)12-6-5-11(19)9-13(12)18/h5-6,9-10H,3-4,7-8H2,1-2H3,(H,21,25). The summed E-state index contributed by atoms with van der Waals surface area (Å²) in [7, 11) is 3.69. The molecule has 1 fully saturated rings. The summed E-state index contributed by atoms with van der Waals surface area (Å²) in [5.41, 5.74) is 0.662. The molecular weight excluding hydrogens is 345 g/mol. The highest BCUT2D eigenvalue weighted by molar-refractivity contribution is 6.34. The zero-order chi connectivity index (χ0) is 18.0. The van der Waals surface area contributed by atoms with Crippen molar-refractivity contribution < 1.29 is 9.18 Å². The summed E-state index contributed by atoms with van der Waals surface area (Å²) in [6.45, 7) is 1.87. The summed E-state index contributed by atoms with van der Waals surface area (Å²) in [5, 5.41) is 2.81. The zero-order valence-corrected chi connectivity index (χ0v) is 14.8. The number of nitrogens with one attached hydrogen (secondary N) is 1. The quantitative estimate of drug-likeness (QED) is 0.904. The number of amides is 1. The highest BCUT2D eigenvalue weighted by Crippen LogP contribution is 2.26. The minimum atomic E-state index is -0.492. The molecule has 6 nitrogen and oxygen atoms in total. The molecule has 0 spiro atoms. The monoisotopic (exact) mass is 363 g/mol. The van der Waals surface area contributed by atoms with Crippen molar-refractivity contribution in [1.29, 1.82) is 0 Å². The highest BCUT2D eigenvalue weighted by Gasteiger charge is 2.19. The Morgan fingerprint density at radius 3 is 2.68 bits per heavy atom. The summed E-state index contributed by atoms with van der Waals surface area (Å²) in [6.07, 6.45) is 3.84. The fraction of sp³-hybridized carbons (Fsp3) is 0.353. The topological polar surface area (TPSA) is 61.4 Å². The molecule has 3 rings (SSSR count). The lowest BCUT2D eigenvalue weighted by molar-refractivity contribution is 0.102. The van der Waals surface area contributed by atoms with Crippen LogP contribution in [0.5, 0.6) is 0 Å². The van der Waals surface area contributed by atoms with Crippen LogP contribution < -0.4 is 15.1 Å². The molecule has 1 saturated heterocycles. The van der Waals surface area contributed by atoms with Gasteiger partial charge in [0, 0.05) is 27.2 Å². The second-order valence-corrected chi connectivity index (χ2v) is 6.48. The van der Waals surface area contributed by atoms with Gasteiger partial charge >= 0.3 is 0 Å². The van der Waals surface area contributed by atoms with E-state index in [0.29, 0.717) is 17.5 Å². The lowest BCUT2D eigenvalue weighted by atomic mass is 10.2. The van der Waals surface area contributed by atoms with Gasteiger partial charge in [0.15, 0.2) is 5.82 Å². The van der Waals surface area contributed by atoms with Crippen molar-refractivity contribution in [2.24, 2.45) is 0 Å². The lowest BCUT2D eigenvalue weighted by Crippen LogP contribution is -2.24. The second-order valence-electron chi connectivity index (χ2n) is 6.07. The number of hydrogen-bond acceptors (Lipinski definition) is 5. The Balaban J connectivity index is 1.87. The SMILES string of the molecule is CN(C)c1nc(N2CCCC2)ncc1NC(=O)c1ccc(F)cc1Cl. The first-order chi connectivity index (χ1) is 12.0. The van der Waals surface area contributed by atoms with Gasteiger partial charge in [-0.05, 0) is 31.0 Å². The van der Waals surface area contributed by atoms with Crippen LogP contribution in [0.4, 0.5) is 21.8 Å². The lowest BCUT2D eigenvalue weighted by Gasteiger charge is -2.21. The minimum absolute atomic E-state index is 0.0542. The van der Waals surface area contributed by atoms with E-state index in [4.69, 9.17) is 11.6 Å². The maximum Gasteiger partial charge on any atom is 0.257 e. The zero-order valence-electron chi connectivity index (χ0n) is 14.1. The first-order valence-electron chi connectivity index (χ1n) is 8.01. The van der Waals surface area contributed by atoms with Gasteiger partial charge in [-0.15, -0.1) is 0 Å². The third-order valence-electron chi connectivity index (χ3n) is 3.99. The number of anilines is 3. The predicted molar refractivity (Wildman–Crippen MR) is 97.2 cm³/mol. The normalized spacial score (nSPS) is 13.8. The molecule has 1 aliphatic heterocycles. The largest absolute Gasteiger partial charge is 0.361 e. The number of carbonyl (C=O) groups is 1. The van der Waals surface area contributed by atoms with Crippen molar-refractivity contribution in [3.8, 4) is 0 Å². The molecule has 1 N–H and O–H groups in total. The van der Waals surface area contributed by atoms with Crippen LogP contribution in [-0.4, -0.2) is 43.1 Å². The van der Waals surface area contributed by atoms with E-state index >= 15 is 0 Å². The number of halogens is 2. The average molecular weight is 364 g/mol. The molecule has 0 unspecified atom stereocenters. The van der Waals surface area contributed by atoms with E-state index in [1.807, 2.05) is 19.0 Å². The van der Waals surface area contributed by atoms with E-state index in [9.17, 15) is 9.18 Å². The van der Waals surface area contributed by atoms with Crippen molar-refractivity contribution in [1.82, 2.24) is 9.97 Å². The number of aromatic nitrogens is 2. The fourth-order valence-electron chi connectivity index (χ4n) is 2.73. The van der Waals surface area contributed by atoms with Gasteiger partial charge in [-0.1, -0.05) is 11.6 Å². The first kappa shape index (κ1) is 17.4. The molecule has 1 amide bonds. The molecule has 1 aromatic carbocycles. The van der Waals surface area contributed by atoms with Crippen LogP contribution in [0.25, 0.3) is 0 Å². The third kappa shape index (κ3) is 3.82. The molecule has 0 saturated carbocycles. The molecule has 0 aliphatic carbocycles. The van der Waals surface area contributed by atoms with Gasteiger partial charge in [0.2, 0.25) is 5.95 Å². The van der Waals surface area contributed by atoms with E-state index < -0.39 is 11.7 Å². The summed E-state index contributed by atoms with van der Waals surface area (Å²) >= 11 is 5.96. The van der Waals surface area contributed by atoms with Gasteiger partial charge < -0.3 is 15.1 Å². The number of carbonyl (C=O) groups excluding carboxylic acids is 1. The Morgan fingerprint density at radius 2 is 2.04 bits per heavy atom. The second kappa shape index (κ2) is 7.23. The van der Waals surface area contributed by atoms with E-state index in [2.05, 4.69) is 20.2 Å². The minimum Gasteiger partial charge on any atom is -0.361 e. The Morgan fingerprint density at radius 1 is 1.32 bits per heavy atom. The number of benzene rings is 1. The van der Waals surface area contributed by atoms with Crippen LogP contribution in [0.2, 0.25) is 5.02 Å². The fourth-order valence-corrected chi connectivity index (χ4v) is 2.98. The van der Waals surface area contributed by atoms with Crippen molar-refractivity contribution in [2.75, 3.05) is 42.3 Å². The third-order valence-corrected chi connectivity index (χ3v) is 4.31. The summed E-state index contributed by atoms with van der Waals surface area (Å²) < 4.78 is 13.2. The first-order valence-corrected chi connectivity index (χ1v) is 8.39. The van der Waals surface area contributed by atoms with Crippen molar-refractivity contribution in [3.63, 3.8) is 0 Å². The number of rotatable bonds is 4. The van der Waals surface area contributed by atoms with Crippen molar-refractivity contribution >= 4 is 35.0 Å². The predicted octanol–water partition coefficient (Wildman–Crippen LogP) is 3.19. The molecule has 25 heavy (non-hydrogen) atoms. The van der Waals surface area contributed by atoms with E-state index in [1.54, 1.807) is 6.20 Å². The van der Waals surface area contributed by atoms with Gasteiger partial charge in [0.25, 0.3) is 5.91 Å². The van der Waals surface area contributed by atoms with Gasteiger partial charge in [-0.25, -0.2) is 9.37 Å². The van der Waals surface area contributed by atoms with Crippen molar-refractivity contribution in [2.45, 2.75) is 12.8 Å². The van der Waals surface area contributed by atoms with Gasteiger partial charge in [0.1, 0.15) is 11.5 Å². The molecule has 0 bridgehead atoms. The highest BCUT2D eigenvalue weighted by atomic mass is 35.5. The Labute approximate surface area is 150 Å².